The molecule has 1 rings (SSSR count). The fraction of sp³-hybridized carbons (Fsp3) is 0.462. The van der Waals surface area contributed by atoms with Gasteiger partial charge in [0.05, 0.1) is 12.2 Å². The smallest absolute Gasteiger partial charge is 0.153 e. The predicted octanol–water partition coefficient (Wildman–Crippen LogP) is 2.61. The van der Waals surface area contributed by atoms with Gasteiger partial charge in [-0.15, -0.1) is 0 Å². The molecule has 0 amide bonds. The van der Waals surface area contributed by atoms with Crippen molar-refractivity contribution in [3.05, 3.63) is 29.3 Å². The molecule has 0 heterocycles. The molecule has 1 aromatic rings. The highest BCUT2D eigenvalue weighted by molar-refractivity contribution is 5.79. The first-order chi connectivity index (χ1) is 7.77. The maximum atomic E-state index is 10.8. The van der Waals surface area contributed by atoms with Crippen molar-refractivity contribution >= 4 is 6.29 Å². The van der Waals surface area contributed by atoms with Crippen molar-refractivity contribution < 1.29 is 14.3 Å². The Balaban J connectivity index is 2.44. The number of methoxy groups -OCH3 is 1. The zero-order chi connectivity index (χ0) is 11.8. The highest BCUT2D eigenvalue weighted by Gasteiger charge is 2.02. The van der Waals surface area contributed by atoms with E-state index in [0.717, 1.165) is 31.3 Å². The standard InChI is InChI=1S/C13H18O3/c1-11-5-6-13(12(9-11)10-14)16-8-4-3-7-15-2/h5-6,9-10H,3-4,7-8H2,1-2H3. The summed E-state index contributed by atoms with van der Waals surface area (Å²) in [5.41, 5.74) is 1.68. The first-order valence-corrected chi connectivity index (χ1v) is 5.45. The number of unbranched alkanes of at least 4 members (excludes halogenated alkanes) is 1. The van der Waals surface area contributed by atoms with Crippen LogP contribution in [0.2, 0.25) is 0 Å². The molecule has 3 heteroatoms. The Morgan fingerprint density at radius 3 is 2.69 bits per heavy atom. The summed E-state index contributed by atoms with van der Waals surface area (Å²) in [6.07, 6.45) is 2.73. The summed E-state index contributed by atoms with van der Waals surface area (Å²) in [5, 5.41) is 0. The fourth-order valence-corrected chi connectivity index (χ4v) is 1.42. The SMILES string of the molecule is COCCCCOc1ccc(C)cc1C=O. The number of rotatable bonds is 7. The fourth-order valence-electron chi connectivity index (χ4n) is 1.42. The minimum absolute atomic E-state index is 0.617. The monoisotopic (exact) mass is 222 g/mol. The van der Waals surface area contributed by atoms with Gasteiger partial charge in [0.2, 0.25) is 0 Å². The molecule has 3 nitrogen and oxygen atoms in total. The van der Waals surface area contributed by atoms with Crippen molar-refractivity contribution in [3.63, 3.8) is 0 Å². The Labute approximate surface area is 96.4 Å². The minimum Gasteiger partial charge on any atom is -0.493 e. The summed E-state index contributed by atoms with van der Waals surface area (Å²) >= 11 is 0. The van der Waals surface area contributed by atoms with Crippen molar-refractivity contribution in [2.45, 2.75) is 19.8 Å². The second kappa shape index (κ2) is 7.01. The maximum absolute atomic E-state index is 10.8. The van der Waals surface area contributed by atoms with Gasteiger partial charge in [0, 0.05) is 13.7 Å². The molecule has 0 aromatic heterocycles. The lowest BCUT2D eigenvalue weighted by atomic mass is 10.1. The van der Waals surface area contributed by atoms with Gasteiger partial charge >= 0.3 is 0 Å². The minimum atomic E-state index is 0.617. The molecule has 88 valence electrons. The zero-order valence-electron chi connectivity index (χ0n) is 9.86. The van der Waals surface area contributed by atoms with Crippen LogP contribution in [0.15, 0.2) is 18.2 Å². The molecular formula is C13H18O3. The summed E-state index contributed by atoms with van der Waals surface area (Å²) in [7, 11) is 1.69. The van der Waals surface area contributed by atoms with E-state index in [1.807, 2.05) is 25.1 Å². The maximum Gasteiger partial charge on any atom is 0.153 e. The molecule has 0 fully saturated rings. The van der Waals surface area contributed by atoms with E-state index in [2.05, 4.69) is 0 Å². The number of hydrogen-bond donors (Lipinski definition) is 0. The van der Waals surface area contributed by atoms with Crippen molar-refractivity contribution in [1.82, 2.24) is 0 Å². The van der Waals surface area contributed by atoms with Crippen LogP contribution in [0, 0.1) is 6.92 Å². The van der Waals surface area contributed by atoms with Crippen LogP contribution < -0.4 is 4.74 Å². The first kappa shape index (κ1) is 12.7. The Kier molecular flexibility index (Phi) is 5.57. The second-order valence-corrected chi connectivity index (χ2v) is 3.71. The molecule has 0 N–H and O–H groups in total. The van der Waals surface area contributed by atoms with Gasteiger partial charge in [0.25, 0.3) is 0 Å². The lowest BCUT2D eigenvalue weighted by molar-refractivity contribution is 0.111. The normalized spacial score (nSPS) is 10.1. The number of carbonyl (C=O) groups excluding carboxylic acids is 1. The number of aldehydes is 1. The second-order valence-electron chi connectivity index (χ2n) is 3.71. The largest absolute Gasteiger partial charge is 0.493 e. The third-order valence-electron chi connectivity index (χ3n) is 2.29. The summed E-state index contributed by atoms with van der Waals surface area (Å²) in [5.74, 6) is 0.665. The molecule has 0 aliphatic rings. The van der Waals surface area contributed by atoms with Gasteiger partial charge in [-0.2, -0.15) is 0 Å². The van der Waals surface area contributed by atoms with Gasteiger partial charge in [-0.3, -0.25) is 4.79 Å². The molecule has 0 saturated carbocycles. The molecule has 0 unspecified atom stereocenters. The average Bonchev–Trinajstić information content (AvgIpc) is 2.30. The highest BCUT2D eigenvalue weighted by atomic mass is 16.5. The van der Waals surface area contributed by atoms with Gasteiger partial charge in [-0.05, 0) is 31.9 Å². The van der Waals surface area contributed by atoms with E-state index in [0.29, 0.717) is 17.9 Å². The van der Waals surface area contributed by atoms with E-state index in [-0.39, 0.29) is 0 Å². The molecule has 16 heavy (non-hydrogen) atoms. The molecule has 0 radical (unpaired) electrons. The summed E-state index contributed by atoms with van der Waals surface area (Å²) < 4.78 is 10.5. The van der Waals surface area contributed by atoms with Gasteiger partial charge < -0.3 is 9.47 Å². The molecule has 0 spiro atoms. The third-order valence-corrected chi connectivity index (χ3v) is 2.29. The summed E-state index contributed by atoms with van der Waals surface area (Å²) in [4.78, 5) is 10.8. The lowest BCUT2D eigenvalue weighted by Gasteiger charge is -2.08. The molecule has 0 saturated heterocycles. The molecule has 0 bridgehead atoms. The highest BCUT2D eigenvalue weighted by Crippen LogP contribution is 2.18. The lowest BCUT2D eigenvalue weighted by Crippen LogP contribution is -2.01. The van der Waals surface area contributed by atoms with E-state index in [1.54, 1.807) is 7.11 Å². The van der Waals surface area contributed by atoms with Gasteiger partial charge in [0.15, 0.2) is 6.29 Å². The van der Waals surface area contributed by atoms with E-state index < -0.39 is 0 Å². The van der Waals surface area contributed by atoms with Crippen LogP contribution >= 0.6 is 0 Å². The molecule has 0 atom stereocenters. The number of aryl methyl sites for hydroxylation is 1. The van der Waals surface area contributed by atoms with Crippen LogP contribution in [0.1, 0.15) is 28.8 Å². The quantitative estimate of drug-likeness (QED) is 0.525. The van der Waals surface area contributed by atoms with Gasteiger partial charge in [-0.25, -0.2) is 0 Å². The third kappa shape index (κ3) is 4.03. The Morgan fingerprint density at radius 1 is 1.25 bits per heavy atom. The predicted molar refractivity (Wildman–Crippen MR) is 63.2 cm³/mol. The van der Waals surface area contributed by atoms with E-state index >= 15 is 0 Å². The van der Waals surface area contributed by atoms with Gasteiger partial charge in [-0.1, -0.05) is 11.6 Å². The van der Waals surface area contributed by atoms with Crippen LogP contribution in [-0.2, 0) is 4.74 Å². The topological polar surface area (TPSA) is 35.5 Å². The zero-order valence-corrected chi connectivity index (χ0v) is 9.86. The van der Waals surface area contributed by atoms with Crippen LogP contribution in [-0.4, -0.2) is 26.6 Å². The number of carbonyl (C=O) groups is 1. The van der Waals surface area contributed by atoms with Crippen LogP contribution in [0.5, 0.6) is 5.75 Å². The first-order valence-electron chi connectivity index (χ1n) is 5.45. The Morgan fingerprint density at radius 2 is 2.00 bits per heavy atom. The van der Waals surface area contributed by atoms with E-state index in [4.69, 9.17) is 9.47 Å². The van der Waals surface area contributed by atoms with Crippen LogP contribution in [0.4, 0.5) is 0 Å². The van der Waals surface area contributed by atoms with Crippen molar-refractivity contribution in [2.24, 2.45) is 0 Å². The Bertz CT molecular complexity index is 334. The van der Waals surface area contributed by atoms with E-state index in [1.165, 1.54) is 0 Å². The van der Waals surface area contributed by atoms with Crippen LogP contribution in [0.25, 0.3) is 0 Å². The molecular weight excluding hydrogens is 204 g/mol. The van der Waals surface area contributed by atoms with Crippen molar-refractivity contribution in [3.8, 4) is 5.75 Å². The summed E-state index contributed by atoms with van der Waals surface area (Å²) in [6.45, 7) is 3.32. The Hall–Kier alpha value is -1.35. The van der Waals surface area contributed by atoms with Crippen molar-refractivity contribution in [2.75, 3.05) is 20.3 Å². The van der Waals surface area contributed by atoms with Gasteiger partial charge in [0.1, 0.15) is 5.75 Å². The average molecular weight is 222 g/mol. The van der Waals surface area contributed by atoms with Crippen molar-refractivity contribution in [1.29, 1.82) is 0 Å². The summed E-state index contributed by atoms with van der Waals surface area (Å²) in [6, 6.07) is 5.62. The number of hydrogen-bond acceptors (Lipinski definition) is 3. The van der Waals surface area contributed by atoms with Crippen LogP contribution in [0.3, 0.4) is 0 Å². The van der Waals surface area contributed by atoms with E-state index in [9.17, 15) is 4.79 Å². The number of ether oxygens (including phenoxy) is 2. The molecule has 1 aromatic carbocycles. The molecule has 0 aliphatic carbocycles. The molecule has 0 aliphatic heterocycles. The number of benzene rings is 1.